The summed E-state index contributed by atoms with van der Waals surface area (Å²) in [6.45, 7) is 6.92. The lowest BCUT2D eigenvalue weighted by atomic mass is 9.98. The van der Waals surface area contributed by atoms with E-state index < -0.39 is 150 Å². The Morgan fingerprint density at radius 1 is 0.505 bits per heavy atom. The van der Waals surface area contributed by atoms with Crippen molar-refractivity contribution in [3.8, 4) is 5.75 Å². The van der Waals surface area contributed by atoms with Gasteiger partial charge in [-0.25, -0.2) is 0 Å². The molecule has 97 heavy (non-hydrogen) atoms. The number of phenolic OH excluding ortho intramolecular Hbond substituents is 1. The number of fused-ring (bicyclic) bond motifs is 3. The average Bonchev–Trinajstić information content (AvgIpc) is 1.77. The fraction of sp³-hybridized carbons (Fsp3) is 0.420. The zero-order valence-electron chi connectivity index (χ0n) is 54.5. The predicted molar refractivity (Wildman–Crippen MR) is 357 cm³/mol. The van der Waals surface area contributed by atoms with E-state index in [0.717, 1.165) is 0 Å². The average molecular weight is 1340 g/mol. The number of primary amides is 1. The monoisotopic (exact) mass is 1330 g/mol. The number of carbonyl (C=O) groups is 12. The maximum absolute atomic E-state index is 15.3. The number of hydrogen-bond acceptors (Lipinski definition) is 14. The molecule has 0 spiro atoms. The Kier molecular flexibility index (Phi) is 25.0. The van der Waals surface area contributed by atoms with Crippen LogP contribution in [0.1, 0.15) is 94.9 Å². The SMILES string of the molecule is CC(C)C[C@@H]1NC(=O)[C@H](CCCN)NC(=O)[C@H](C(C)C)NC(=O)[C@H](Cc2c[nH]c3ccccc23)NC(=O)[C@H](CC(=O)O)NC(=O)[C@H](CC(N)=O)NC(=O)[C@H](Cc2ccccc2)NC(=O)[C@H](Cc2c[nH]c3ccccc23)NC(=O)[C@@H]2CCCN2C(=O)[C@@H](Cc2ccc(O)cc2)NC1=O. The molecule has 17 N–H and O–H groups in total. The molecule has 4 heterocycles. The Morgan fingerprint density at radius 3 is 1.49 bits per heavy atom. The normalized spacial score (nSPS) is 23.5. The third-order valence-electron chi connectivity index (χ3n) is 17.2. The van der Waals surface area contributed by atoms with Gasteiger partial charge in [0, 0.05) is 66.4 Å². The molecule has 516 valence electrons. The minimum absolute atomic E-state index is 0.0243. The van der Waals surface area contributed by atoms with Gasteiger partial charge < -0.3 is 84.4 Å². The maximum Gasteiger partial charge on any atom is 0.305 e. The molecule has 0 aliphatic carbocycles. The number of benzene rings is 4. The number of aromatic nitrogens is 2. The van der Waals surface area contributed by atoms with E-state index in [0.29, 0.717) is 50.5 Å². The van der Waals surface area contributed by atoms with E-state index in [1.165, 1.54) is 17.0 Å². The van der Waals surface area contributed by atoms with Gasteiger partial charge in [-0.15, -0.1) is 0 Å². The Hall–Kier alpha value is -10.6. The number of phenols is 1. The first kappa shape index (κ1) is 72.2. The van der Waals surface area contributed by atoms with E-state index in [1.54, 1.807) is 131 Å². The molecule has 0 saturated carbocycles. The number of H-pyrrole nitrogens is 2. The molecular formula is C69H86N14O14. The minimum Gasteiger partial charge on any atom is -0.508 e. The standard InChI is InChI=1S/C69H86N14O14/c1-37(2)28-49-61(89)81-55(30-40-22-24-43(84)25-23-40)69(97)83-27-13-21-56(83)67(95)80-51(31-41-35-72-46-18-10-8-16-44(41)46)63(91)76-50(29-39-14-6-5-7-15-39)62(90)78-53(33-57(71)85)64(92)79-54(34-58(86)87)65(93)77-52(32-42-36-73-47-19-11-9-17-45(42)47)66(94)82-59(38(3)4)68(96)74-48(20-12-26-70)60(88)75-49/h5-11,14-19,22-25,35-38,48-56,59,72-73,84H,12-13,20-21,26-34,70H2,1-4H3,(H2,71,85)(H,74,96)(H,75,88)(H,76,91)(H,77,93)(H,78,90)(H,79,92)(H,80,95)(H,81,89)(H,82,94)(H,86,87)/t48-,49-,50-,51-,52-,53-,54-,55+,56-,59-/m0/s1. The third kappa shape index (κ3) is 19.7. The van der Waals surface area contributed by atoms with Gasteiger partial charge in [0.2, 0.25) is 65.0 Å². The van der Waals surface area contributed by atoms with Crippen LogP contribution in [0.15, 0.2) is 116 Å². The lowest BCUT2D eigenvalue weighted by Crippen LogP contribution is -2.62. The molecule has 2 aliphatic heterocycles. The van der Waals surface area contributed by atoms with E-state index in [9.17, 15) is 53.4 Å². The van der Waals surface area contributed by atoms with Crippen molar-refractivity contribution in [3.05, 3.63) is 138 Å². The van der Waals surface area contributed by atoms with Crippen LogP contribution in [0.3, 0.4) is 0 Å². The van der Waals surface area contributed by atoms with Crippen LogP contribution < -0.4 is 59.3 Å². The molecule has 28 heteroatoms. The zero-order chi connectivity index (χ0) is 70.0. The second-order valence-corrected chi connectivity index (χ2v) is 25.4. The maximum atomic E-state index is 15.3. The van der Waals surface area contributed by atoms with Crippen molar-refractivity contribution in [1.82, 2.24) is 62.7 Å². The summed E-state index contributed by atoms with van der Waals surface area (Å²) in [7, 11) is 0. The van der Waals surface area contributed by atoms with Crippen LogP contribution in [-0.4, -0.2) is 170 Å². The molecule has 28 nitrogen and oxygen atoms in total. The van der Waals surface area contributed by atoms with Crippen molar-refractivity contribution in [2.45, 2.75) is 159 Å². The number of aromatic amines is 2. The lowest BCUT2D eigenvalue weighted by molar-refractivity contribution is -0.142. The number of nitrogens with one attached hydrogen (secondary N) is 11. The molecule has 0 radical (unpaired) electrons. The summed E-state index contributed by atoms with van der Waals surface area (Å²) in [5.74, 6) is -13.2. The highest BCUT2D eigenvalue weighted by atomic mass is 16.4. The smallest absolute Gasteiger partial charge is 0.305 e. The van der Waals surface area contributed by atoms with Crippen LogP contribution in [0.25, 0.3) is 21.8 Å². The second kappa shape index (κ2) is 33.7. The number of amides is 11. The van der Waals surface area contributed by atoms with Crippen molar-refractivity contribution in [1.29, 1.82) is 0 Å². The van der Waals surface area contributed by atoms with Crippen LogP contribution >= 0.6 is 0 Å². The first-order valence-electron chi connectivity index (χ1n) is 32.5. The van der Waals surface area contributed by atoms with Crippen LogP contribution in [0.5, 0.6) is 5.75 Å². The van der Waals surface area contributed by atoms with Gasteiger partial charge in [-0.3, -0.25) is 57.5 Å². The third-order valence-corrected chi connectivity index (χ3v) is 17.2. The first-order chi connectivity index (χ1) is 46.3. The quantitative estimate of drug-likeness (QED) is 0.0566. The molecular weight excluding hydrogens is 1250 g/mol. The van der Waals surface area contributed by atoms with E-state index in [4.69, 9.17) is 11.5 Å². The zero-order valence-corrected chi connectivity index (χ0v) is 54.5. The number of hydrogen-bond donors (Lipinski definition) is 15. The second-order valence-electron chi connectivity index (χ2n) is 25.4. The number of aliphatic carboxylic acids is 1. The number of rotatable bonds is 18. The number of nitrogens with zero attached hydrogens (tertiary/aromatic N) is 1. The Morgan fingerprint density at radius 2 is 0.948 bits per heavy atom. The lowest BCUT2D eigenvalue weighted by Gasteiger charge is -2.32. The Balaban J connectivity index is 1.22. The van der Waals surface area contributed by atoms with Crippen molar-refractivity contribution in [3.63, 3.8) is 0 Å². The van der Waals surface area contributed by atoms with Gasteiger partial charge in [0.05, 0.1) is 12.8 Å². The van der Waals surface area contributed by atoms with E-state index in [-0.39, 0.29) is 76.1 Å². The van der Waals surface area contributed by atoms with E-state index in [2.05, 4.69) is 57.8 Å². The number of carbonyl (C=O) groups excluding carboxylic acids is 11. The van der Waals surface area contributed by atoms with Crippen LogP contribution in [0.2, 0.25) is 0 Å². The highest BCUT2D eigenvalue weighted by Crippen LogP contribution is 2.25. The van der Waals surface area contributed by atoms with Gasteiger partial charge in [-0.1, -0.05) is 107 Å². The minimum atomic E-state index is -2.02. The van der Waals surface area contributed by atoms with Gasteiger partial charge in [-0.05, 0) is 97.0 Å². The number of aromatic hydroxyl groups is 1. The molecule has 2 aliphatic rings. The number of carboxylic acid groups (broad SMARTS) is 1. The van der Waals surface area contributed by atoms with Crippen LogP contribution in [-0.2, 0) is 83.2 Å². The van der Waals surface area contributed by atoms with Crippen molar-refractivity contribution < 1.29 is 67.7 Å². The summed E-state index contributed by atoms with van der Waals surface area (Å²) in [6.07, 6.45) is 0.885. The first-order valence-corrected chi connectivity index (χ1v) is 32.5. The Bertz CT molecular complexity index is 3840. The Labute approximate surface area is 559 Å². The molecule has 4 aromatic carbocycles. The fourth-order valence-electron chi connectivity index (χ4n) is 12.1. The molecule has 10 atom stereocenters. The highest BCUT2D eigenvalue weighted by Gasteiger charge is 2.42. The molecule has 0 bridgehead atoms. The van der Waals surface area contributed by atoms with Gasteiger partial charge in [0.25, 0.3) is 0 Å². The van der Waals surface area contributed by atoms with Crippen LogP contribution in [0, 0.1) is 11.8 Å². The van der Waals surface area contributed by atoms with E-state index in [1.807, 2.05) is 0 Å². The molecule has 2 aromatic heterocycles. The summed E-state index contributed by atoms with van der Waals surface area (Å²) in [5.41, 5.74) is 15.0. The number of para-hydroxylation sites is 2. The van der Waals surface area contributed by atoms with Crippen LogP contribution in [0.4, 0.5) is 0 Å². The molecule has 2 fully saturated rings. The van der Waals surface area contributed by atoms with Crippen molar-refractivity contribution in [2.24, 2.45) is 23.3 Å². The topological polar surface area (TPSA) is 440 Å². The summed E-state index contributed by atoms with van der Waals surface area (Å²) in [4.78, 5) is 182. The predicted octanol–water partition coefficient (Wildman–Crippen LogP) is 0.784. The van der Waals surface area contributed by atoms with Crippen molar-refractivity contribution in [2.75, 3.05) is 13.1 Å². The largest absolute Gasteiger partial charge is 0.508 e. The van der Waals surface area contributed by atoms with Crippen molar-refractivity contribution >= 4 is 92.8 Å². The summed E-state index contributed by atoms with van der Waals surface area (Å²) < 4.78 is 0. The molecule has 6 aromatic rings. The molecule has 0 unspecified atom stereocenters. The van der Waals surface area contributed by atoms with Gasteiger partial charge >= 0.3 is 5.97 Å². The van der Waals surface area contributed by atoms with E-state index >= 15 is 14.4 Å². The number of nitrogens with two attached hydrogens (primary N) is 2. The fourth-order valence-corrected chi connectivity index (χ4v) is 12.1. The van der Waals surface area contributed by atoms with Gasteiger partial charge in [0.1, 0.15) is 66.2 Å². The van der Waals surface area contributed by atoms with Gasteiger partial charge in [0.15, 0.2) is 0 Å². The molecule has 8 rings (SSSR count). The highest BCUT2D eigenvalue weighted by molar-refractivity contribution is 6.01. The summed E-state index contributed by atoms with van der Waals surface area (Å²) >= 11 is 0. The molecule has 11 amide bonds. The summed E-state index contributed by atoms with van der Waals surface area (Å²) in [6, 6.07) is 13.0. The summed E-state index contributed by atoms with van der Waals surface area (Å²) in [5, 5.41) is 45.7. The molecule has 2 saturated heterocycles. The number of carboxylic acids is 1. The van der Waals surface area contributed by atoms with Gasteiger partial charge in [-0.2, -0.15) is 0 Å².